The quantitative estimate of drug-likeness (QED) is 0.752. The van der Waals surface area contributed by atoms with Crippen molar-refractivity contribution >= 4 is 40.3 Å². The molecule has 0 aliphatic rings. The third kappa shape index (κ3) is 2.85. The number of ketones is 1. The van der Waals surface area contributed by atoms with Gasteiger partial charge in [-0.2, -0.15) is 0 Å². The first-order chi connectivity index (χ1) is 7.65. The van der Waals surface area contributed by atoms with Gasteiger partial charge in [0.15, 0.2) is 5.78 Å². The number of halogens is 2. The van der Waals surface area contributed by atoms with Crippen molar-refractivity contribution in [2.45, 2.75) is 6.42 Å². The first-order valence-corrected chi connectivity index (χ1v) is 6.30. The Morgan fingerprint density at radius 1 is 1.19 bits per heavy atom. The van der Waals surface area contributed by atoms with Gasteiger partial charge in [0.25, 0.3) is 0 Å². The zero-order chi connectivity index (χ0) is 11.5. The van der Waals surface area contributed by atoms with Gasteiger partial charge in [-0.3, -0.25) is 4.79 Å². The van der Waals surface area contributed by atoms with Crippen molar-refractivity contribution in [1.82, 2.24) is 0 Å². The molecule has 16 heavy (non-hydrogen) atoms. The van der Waals surface area contributed by atoms with Crippen LogP contribution >= 0.6 is 34.5 Å². The van der Waals surface area contributed by atoms with E-state index in [9.17, 15) is 4.79 Å². The van der Waals surface area contributed by atoms with Crippen molar-refractivity contribution < 1.29 is 4.79 Å². The molecule has 0 radical (unpaired) electrons. The highest BCUT2D eigenvalue weighted by Crippen LogP contribution is 2.21. The lowest BCUT2D eigenvalue weighted by molar-refractivity contribution is 0.0994. The number of rotatable bonds is 3. The highest BCUT2D eigenvalue weighted by atomic mass is 35.5. The summed E-state index contributed by atoms with van der Waals surface area (Å²) in [5.74, 6) is 0.0341. The van der Waals surface area contributed by atoms with E-state index in [1.807, 2.05) is 17.5 Å². The zero-order valence-electron chi connectivity index (χ0n) is 8.24. The summed E-state index contributed by atoms with van der Waals surface area (Å²) in [6.07, 6.45) is 0.397. The second-order valence-corrected chi connectivity index (χ2v) is 5.24. The predicted octanol–water partition coefficient (Wildman–Crippen LogP) is 4.48. The van der Waals surface area contributed by atoms with E-state index in [4.69, 9.17) is 23.2 Å². The number of carbonyl (C=O) groups excluding carboxylic acids is 1. The summed E-state index contributed by atoms with van der Waals surface area (Å²) in [6, 6.07) is 8.77. The number of benzene rings is 1. The SMILES string of the molecule is O=C(Cc1cccs1)c1cc(Cl)cc(Cl)c1. The lowest BCUT2D eigenvalue weighted by Crippen LogP contribution is -2.02. The second kappa shape index (κ2) is 5.00. The summed E-state index contributed by atoms with van der Waals surface area (Å²) in [5, 5.41) is 2.93. The van der Waals surface area contributed by atoms with Crippen LogP contribution in [0.15, 0.2) is 35.7 Å². The molecule has 0 unspecified atom stereocenters. The minimum atomic E-state index is 0.0341. The molecule has 0 atom stereocenters. The maximum Gasteiger partial charge on any atom is 0.168 e. The number of hydrogen-bond donors (Lipinski definition) is 0. The Bertz CT molecular complexity index is 485. The van der Waals surface area contributed by atoms with E-state index in [2.05, 4.69) is 0 Å². The average Bonchev–Trinajstić information content (AvgIpc) is 2.68. The Balaban J connectivity index is 2.21. The molecule has 2 aromatic rings. The Kier molecular flexibility index (Phi) is 3.64. The van der Waals surface area contributed by atoms with Crippen LogP contribution in [-0.2, 0) is 6.42 Å². The van der Waals surface area contributed by atoms with Crippen LogP contribution < -0.4 is 0 Å². The first-order valence-electron chi connectivity index (χ1n) is 4.67. The molecule has 4 heteroatoms. The van der Waals surface area contributed by atoms with Crippen LogP contribution in [0.5, 0.6) is 0 Å². The summed E-state index contributed by atoms with van der Waals surface area (Å²) >= 11 is 13.3. The van der Waals surface area contributed by atoms with Crippen LogP contribution in [0.3, 0.4) is 0 Å². The van der Waals surface area contributed by atoms with E-state index in [-0.39, 0.29) is 5.78 Å². The lowest BCUT2D eigenvalue weighted by Gasteiger charge is -2.01. The van der Waals surface area contributed by atoms with Gasteiger partial charge in [-0.25, -0.2) is 0 Å². The van der Waals surface area contributed by atoms with Crippen molar-refractivity contribution in [2.75, 3.05) is 0 Å². The van der Waals surface area contributed by atoms with Crippen LogP contribution in [0.4, 0.5) is 0 Å². The highest BCUT2D eigenvalue weighted by molar-refractivity contribution is 7.10. The maximum atomic E-state index is 11.9. The van der Waals surface area contributed by atoms with Gasteiger partial charge >= 0.3 is 0 Å². The summed E-state index contributed by atoms with van der Waals surface area (Å²) < 4.78 is 0. The van der Waals surface area contributed by atoms with Gasteiger partial charge < -0.3 is 0 Å². The van der Waals surface area contributed by atoms with Crippen LogP contribution in [0, 0.1) is 0 Å². The fourth-order valence-corrected chi connectivity index (χ4v) is 2.62. The van der Waals surface area contributed by atoms with Crippen molar-refractivity contribution in [3.8, 4) is 0 Å². The molecule has 1 nitrogen and oxygen atoms in total. The summed E-state index contributed by atoms with van der Waals surface area (Å²) in [5.41, 5.74) is 0.561. The Morgan fingerprint density at radius 2 is 1.88 bits per heavy atom. The van der Waals surface area contributed by atoms with Gasteiger partial charge in [-0.05, 0) is 29.6 Å². The number of carbonyl (C=O) groups is 1. The Hall–Kier alpha value is -0.830. The molecule has 1 heterocycles. The van der Waals surface area contributed by atoms with E-state index in [1.165, 1.54) is 0 Å². The molecule has 0 spiro atoms. The van der Waals surface area contributed by atoms with Gasteiger partial charge in [0, 0.05) is 26.9 Å². The Labute approximate surface area is 108 Å². The van der Waals surface area contributed by atoms with Crippen LogP contribution in [0.2, 0.25) is 10.0 Å². The van der Waals surface area contributed by atoms with Crippen molar-refractivity contribution in [3.63, 3.8) is 0 Å². The van der Waals surface area contributed by atoms with Gasteiger partial charge in [-0.1, -0.05) is 29.3 Å². The second-order valence-electron chi connectivity index (χ2n) is 3.34. The average molecular weight is 271 g/mol. The van der Waals surface area contributed by atoms with Gasteiger partial charge in [-0.15, -0.1) is 11.3 Å². The normalized spacial score (nSPS) is 10.4. The van der Waals surface area contributed by atoms with E-state index >= 15 is 0 Å². The molecular formula is C12H8Cl2OS. The summed E-state index contributed by atoms with van der Waals surface area (Å²) in [6.45, 7) is 0. The molecular weight excluding hydrogens is 263 g/mol. The van der Waals surface area contributed by atoms with Gasteiger partial charge in [0.1, 0.15) is 0 Å². The molecule has 82 valence electrons. The summed E-state index contributed by atoms with van der Waals surface area (Å²) in [4.78, 5) is 12.9. The summed E-state index contributed by atoms with van der Waals surface area (Å²) in [7, 11) is 0. The first kappa shape index (κ1) is 11.6. The molecule has 2 rings (SSSR count). The largest absolute Gasteiger partial charge is 0.294 e. The van der Waals surface area contributed by atoms with Crippen molar-refractivity contribution in [1.29, 1.82) is 0 Å². The minimum Gasteiger partial charge on any atom is -0.294 e. The molecule has 1 aromatic carbocycles. The van der Waals surface area contributed by atoms with E-state index < -0.39 is 0 Å². The standard InChI is InChI=1S/C12H8Cl2OS/c13-9-4-8(5-10(14)6-9)12(15)7-11-2-1-3-16-11/h1-6H,7H2. The topological polar surface area (TPSA) is 17.1 Å². The van der Waals surface area contributed by atoms with Crippen LogP contribution in [0.1, 0.15) is 15.2 Å². The highest BCUT2D eigenvalue weighted by Gasteiger charge is 2.09. The number of thiophene rings is 1. The third-order valence-electron chi connectivity index (χ3n) is 2.10. The lowest BCUT2D eigenvalue weighted by atomic mass is 10.1. The molecule has 0 aliphatic carbocycles. The van der Waals surface area contributed by atoms with Crippen molar-refractivity contribution in [2.24, 2.45) is 0 Å². The van der Waals surface area contributed by atoms with E-state index in [1.54, 1.807) is 29.5 Å². The molecule has 0 aliphatic heterocycles. The zero-order valence-corrected chi connectivity index (χ0v) is 10.6. The minimum absolute atomic E-state index is 0.0341. The van der Waals surface area contributed by atoms with Gasteiger partial charge in [0.2, 0.25) is 0 Å². The fourth-order valence-electron chi connectivity index (χ4n) is 1.39. The van der Waals surface area contributed by atoms with E-state index in [0.717, 1.165) is 4.88 Å². The molecule has 0 N–H and O–H groups in total. The molecule has 1 aromatic heterocycles. The van der Waals surface area contributed by atoms with Crippen LogP contribution in [0.25, 0.3) is 0 Å². The fraction of sp³-hybridized carbons (Fsp3) is 0.0833. The molecule has 0 amide bonds. The van der Waals surface area contributed by atoms with Gasteiger partial charge in [0.05, 0.1) is 0 Å². The number of hydrogen-bond acceptors (Lipinski definition) is 2. The van der Waals surface area contributed by atoms with E-state index in [0.29, 0.717) is 22.0 Å². The molecule has 0 bridgehead atoms. The predicted molar refractivity (Wildman–Crippen MR) is 68.8 cm³/mol. The third-order valence-corrected chi connectivity index (χ3v) is 3.41. The monoisotopic (exact) mass is 270 g/mol. The molecule has 0 fully saturated rings. The maximum absolute atomic E-state index is 11.9. The van der Waals surface area contributed by atoms with Crippen LogP contribution in [-0.4, -0.2) is 5.78 Å². The smallest absolute Gasteiger partial charge is 0.168 e. The molecule has 0 saturated heterocycles. The molecule has 0 saturated carbocycles. The number of Topliss-reactive ketones (excluding diaryl/α,β-unsaturated/α-hetero) is 1. The van der Waals surface area contributed by atoms with Crippen molar-refractivity contribution in [3.05, 3.63) is 56.2 Å². The Morgan fingerprint density at radius 3 is 2.44 bits per heavy atom.